The maximum absolute atomic E-state index is 13.5. The Morgan fingerprint density at radius 3 is 2.25 bits per heavy atom. The van der Waals surface area contributed by atoms with Crippen LogP contribution < -0.4 is 4.90 Å². The van der Waals surface area contributed by atoms with Crippen LogP contribution in [0.25, 0.3) is 0 Å². The molecule has 1 aromatic carbocycles. The van der Waals surface area contributed by atoms with Gasteiger partial charge < -0.3 is 4.90 Å². The van der Waals surface area contributed by atoms with E-state index in [1.165, 1.54) is 24.8 Å². The lowest BCUT2D eigenvalue weighted by atomic mass is 9.68. The minimum atomic E-state index is -0.421. The lowest BCUT2D eigenvalue weighted by Crippen LogP contribution is -2.51. The summed E-state index contributed by atoms with van der Waals surface area (Å²) in [4.78, 5) is 15.6. The quantitative estimate of drug-likeness (QED) is 0.532. The van der Waals surface area contributed by atoms with E-state index in [4.69, 9.17) is 0 Å². The molecule has 0 N–H and O–H groups in total. The lowest BCUT2D eigenvalue weighted by Gasteiger charge is -2.43. The zero-order valence-electron chi connectivity index (χ0n) is 17.1. The fourth-order valence-corrected chi connectivity index (χ4v) is 2.79. The summed E-state index contributed by atoms with van der Waals surface area (Å²) in [6.45, 7) is 17.1. The highest BCUT2D eigenvalue weighted by molar-refractivity contribution is 5.98. The third kappa shape index (κ3) is 4.84. The van der Waals surface area contributed by atoms with Gasteiger partial charge in [0.1, 0.15) is 0 Å². The van der Waals surface area contributed by atoms with Gasteiger partial charge >= 0.3 is 0 Å². The van der Waals surface area contributed by atoms with Crippen molar-refractivity contribution < 1.29 is 4.79 Å². The fourth-order valence-electron chi connectivity index (χ4n) is 2.79. The smallest absolute Gasteiger partial charge is 0.233 e. The Hall–Kier alpha value is -1.31. The van der Waals surface area contributed by atoms with Crippen LogP contribution in [0.15, 0.2) is 24.3 Å². The summed E-state index contributed by atoms with van der Waals surface area (Å²) in [5.41, 5.74) is 1.71. The molecule has 0 aliphatic carbocycles. The minimum absolute atomic E-state index is 0.0880. The van der Waals surface area contributed by atoms with Gasteiger partial charge in [0.25, 0.3) is 0 Å². The van der Waals surface area contributed by atoms with Gasteiger partial charge in [0.15, 0.2) is 0 Å². The van der Waals surface area contributed by atoms with Crippen molar-refractivity contribution in [3.8, 4) is 0 Å². The molecule has 0 heterocycles. The van der Waals surface area contributed by atoms with Crippen molar-refractivity contribution in [3.63, 3.8) is 0 Å². The van der Waals surface area contributed by atoms with Gasteiger partial charge in [-0.2, -0.15) is 0 Å². The molecule has 0 spiro atoms. The van der Waals surface area contributed by atoms with E-state index in [2.05, 4.69) is 73.6 Å². The number of amides is 1. The number of anilines is 1. The molecule has 2 heteroatoms. The third-order valence-electron chi connectivity index (χ3n) is 5.57. The average Bonchev–Trinajstić information content (AvgIpc) is 2.46. The molecule has 1 amide bonds. The molecule has 24 heavy (non-hydrogen) atoms. The molecule has 136 valence electrons. The van der Waals surface area contributed by atoms with Crippen LogP contribution >= 0.6 is 0 Å². The Kier molecular flexibility index (Phi) is 7.07. The Morgan fingerprint density at radius 1 is 1.12 bits per heavy atom. The number of nitrogens with zero attached hydrogens (tertiary/aromatic N) is 1. The van der Waals surface area contributed by atoms with Crippen LogP contribution in [0.1, 0.15) is 79.7 Å². The van der Waals surface area contributed by atoms with E-state index in [-0.39, 0.29) is 17.4 Å². The highest BCUT2D eigenvalue weighted by Gasteiger charge is 2.43. The van der Waals surface area contributed by atoms with E-state index < -0.39 is 5.41 Å². The van der Waals surface area contributed by atoms with Gasteiger partial charge in [-0.1, -0.05) is 72.9 Å². The molecule has 0 saturated carbocycles. The van der Waals surface area contributed by atoms with E-state index in [0.29, 0.717) is 0 Å². The second kappa shape index (κ2) is 8.18. The molecule has 1 rings (SSSR count). The van der Waals surface area contributed by atoms with E-state index in [9.17, 15) is 4.79 Å². The minimum Gasteiger partial charge on any atom is -0.309 e. The van der Waals surface area contributed by atoms with Gasteiger partial charge in [-0.15, -0.1) is 0 Å². The Labute approximate surface area is 149 Å². The number of carbonyl (C=O) groups is 1. The van der Waals surface area contributed by atoms with Crippen LogP contribution in [0.5, 0.6) is 0 Å². The van der Waals surface area contributed by atoms with Crippen LogP contribution in [-0.4, -0.2) is 11.9 Å². The first-order chi connectivity index (χ1) is 11.0. The van der Waals surface area contributed by atoms with Crippen molar-refractivity contribution in [3.05, 3.63) is 29.8 Å². The van der Waals surface area contributed by atoms with Crippen molar-refractivity contribution in [1.82, 2.24) is 0 Å². The van der Waals surface area contributed by atoms with Crippen molar-refractivity contribution >= 4 is 11.6 Å². The topological polar surface area (TPSA) is 20.3 Å². The van der Waals surface area contributed by atoms with Crippen LogP contribution in [0.2, 0.25) is 0 Å². The fraction of sp³-hybridized carbons (Fsp3) is 0.682. The summed E-state index contributed by atoms with van der Waals surface area (Å²) in [6.07, 6.45) is 4.65. The SMILES string of the molecule is CCCCCC(C)N(C(=O)C(C)(C)C(C)(C)C)c1cccc(C)c1. The summed E-state index contributed by atoms with van der Waals surface area (Å²) in [6, 6.07) is 8.55. The predicted octanol–water partition coefficient (Wildman–Crippen LogP) is 6.37. The van der Waals surface area contributed by atoms with Gasteiger partial charge in [-0.25, -0.2) is 0 Å². The molecule has 0 aliphatic heterocycles. The number of rotatable bonds is 7. The van der Waals surface area contributed by atoms with Crippen LogP contribution in [0.4, 0.5) is 5.69 Å². The van der Waals surface area contributed by atoms with E-state index in [1.807, 2.05) is 11.0 Å². The molecule has 1 atom stereocenters. The first kappa shape index (κ1) is 20.7. The number of hydrogen-bond donors (Lipinski definition) is 0. The lowest BCUT2D eigenvalue weighted by molar-refractivity contribution is -0.132. The Morgan fingerprint density at radius 2 is 1.75 bits per heavy atom. The van der Waals surface area contributed by atoms with Crippen molar-refractivity contribution in [2.24, 2.45) is 10.8 Å². The van der Waals surface area contributed by atoms with Gasteiger partial charge in [0.2, 0.25) is 5.91 Å². The number of hydrogen-bond acceptors (Lipinski definition) is 1. The molecular formula is C22H37NO. The third-order valence-corrected chi connectivity index (χ3v) is 5.57. The summed E-state index contributed by atoms with van der Waals surface area (Å²) in [7, 11) is 0. The molecule has 0 aliphatic rings. The molecule has 0 bridgehead atoms. The van der Waals surface area contributed by atoms with E-state index in [1.54, 1.807) is 0 Å². The van der Waals surface area contributed by atoms with Crippen molar-refractivity contribution in [2.75, 3.05) is 4.90 Å². The Balaban J connectivity index is 3.20. The normalized spacial score (nSPS) is 13.7. The number of unbranched alkanes of at least 4 members (excludes halogenated alkanes) is 2. The van der Waals surface area contributed by atoms with E-state index in [0.717, 1.165) is 12.1 Å². The van der Waals surface area contributed by atoms with E-state index >= 15 is 0 Å². The molecule has 0 saturated heterocycles. The highest BCUT2D eigenvalue weighted by Crippen LogP contribution is 2.41. The number of benzene rings is 1. The molecule has 0 radical (unpaired) electrons. The van der Waals surface area contributed by atoms with Gasteiger partial charge in [0.05, 0.1) is 0 Å². The monoisotopic (exact) mass is 331 g/mol. The molecule has 0 fully saturated rings. The standard InChI is InChI=1S/C22H37NO/c1-9-10-11-14-18(3)23(19-15-12-13-17(2)16-19)20(24)22(7,8)21(4,5)6/h12-13,15-16,18H,9-11,14H2,1-8H3. The van der Waals surface area contributed by atoms with Crippen LogP contribution in [0, 0.1) is 17.8 Å². The molecule has 1 unspecified atom stereocenters. The second-order valence-corrected chi connectivity index (χ2v) is 8.73. The van der Waals surface area contributed by atoms with Crippen molar-refractivity contribution in [1.29, 1.82) is 0 Å². The van der Waals surface area contributed by atoms with Crippen LogP contribution in [-0.2, 0) is 4.79 Å². The van der Waals surface area contributed by atoms with Crippen LogP contribution in [0.3, 0.4) is 0 Å². The summed E-state index contributed by atoms with van der Waals surface area (Å²) >= 11 is 0. The van der Waals surface area contributed by atoms with Gasteiger partial charge in [-0.05, 0) is 43.4 Å². The maximum atomic E-state index is 13.5. The zero-order chi connectivity index (χ0) is 18.5. The van der Waals surface area contributed by atoms with Crippen molar-refractivity contribution in [2.45, 2.75) is 87.1 Å². The van der Waals surface area contributed by atoms with Gasteiger partial charge in [0, 0.05) is 17.1 Å². The molecule has 0 aromatic heterocycles. The molecular weight excluding hydrogens is 294 g/mol. The second-order valence-electron chi connectivity index (χ2n) is 8.73. The summed E-state index contributed by atoms with van der Waals surface area (Å²) in [5, 5.41) is 0. The predicted molar refractivity (Wildman–Crippen MR) is 106 cm³/mol. The molecule has 1 aromatic rings. The van der Waals surface area contributed by atoms with Gasteiger partial charge in [-0.3, -0.25) is 4.79 Å². The first-order valence-corrected chi connectivity index (χ1v) is 9.42. The highest BCUT2D eigenvalue weighted by atomic mass is 16.2. The maximum Gasteiger partial charge on any atom is 0.233 e. The summed E-state index contributed by atoms with van der Waals surface area (Å²) in [5.74, 6) is 0.226. The number of aryl methyl sites for hydroxylation is 1. The zero-order valence-corrected chi connectivity index (χ0v) is 17.1. The average molecular weight is 332 g/mol. The molecule has 2 nitrogen and oxygen atoms in total. The summed E-state index contributed by atoms with van der Waals surface area (Å²) < 4.78 is 0. The number of carbonyl (C=O) groups excluding carboxylic acids is 1. The first-order valence-electron chi connectivity index (χ1n) is 9.42. The largest absolute Gasteiger partial charge is 0.309 e. The Bertz CT molecular complexity index is 539.